The number of fused-ring (bicyclic) bond motifs is 1. The van der Waals surface area contributed by atoms with Crippen LogP contribution in [0, 0.1) is 22.6 Å². The third-order valence-corrected chi connectivity index (χ3v) is 8.54. The highest BCUT2D eigenvalue weighted by Gasteiger charge is 2.44. The first-order valence-electron chi connectivity index (χ1n) is 14.1. The number of halogens is 1. The Balaban J connectivity index is 1.16. The second-order valence-corrected chi connectivity index (χ2v) is 11.7. The summed E-state index contributed by atoms with van der Waals surface area (Å²) in [6.45, 7) is 8.24. The van der Waals surface area contributed by atoms with Crippen LogP contribution < -0.4 is 9.64 Å². The van der Waals surface area contributed by atoms with Gasteiger partial charge in [-0.25, -0.2) is 14.4 Å². The van der Waals surface area contributed by atoms with Crippen molar-refractivity contribution in [2.45, 2.75) is 39.3 Å². The number of benzene rings is 2. The fourth-order valence-electron chi connectivity index (χ4n) is 6.04. The Hall–Kier alpha value is -4.56. The SMILES string of the molecule is CC(C)N(C)C(=O)c1cc(F)ccc1Oc1cncnc1N1CCC2(CCN(Cc3ccc4c(C#N)n[nH]c4c3)C2)C1. The van der Waals surface area contributed by atoms with Gasteiger partial charge in [-0.3, -0.25) is 14.8 Å². The molecule has 0 bridgehead atoms. The normalized spacial score (nSPS) is 18.7. The smallest absolute Gasteiger partial charge is 0.257 e. The second kappa shape index (κ2) is 11.0. The largest absolute Gasteiger partial charge is 0.451 e. The van der Waals surface area contributed by atoms with E-state index in [0.717, 1.165) is 56.5 Å². The van der Waals surface area contributed by atoms with Gasteiger partial charge in [-0.1, -0.05) is 6.07 Å². The standard InChI is InChI=1S/C31H33FN8O2/c1-20(2)38(3)30(41)24-13-22(32)5-7-27(24)42-28-15-34-19-35-29(28)40-11-9-31(18-40)8-10-39(17-31)16-21-4-6-23-25(12-21)36-37-26(23)14-33/h4-7,12-13,15,19-20H,8-11,16-18H2,1-3H3,(H,36,37). The van der Waals surface area contributed by atoms with E-state index in [-0.39, 0.29) is 28.7 Å². The average molecular weight is 569 g/mol. The van der Waals surface area contributed by atoms with Crippen molar-refractivity contribution in [1.82, 2.24) is 30.0 Å². The maximum absolute atomic E-state index is 14.2. The van der Waals surface area contributed by atoms with Crippen molar-refractivity contribution in [2.24, 2.45) is 5.41 Å². The number of nitriles is 1. The zero-order valence-electron chi connectivity index (χ0n) is 24.0. The molecule has 0 saturated carbocycles. The molecular weight excluding hydrogens is 535 g/mol. The van der Waals surface area contributed by atoms with Gasteiger partial charge in [-0.2, -0.15) is 10.4 Å². The molecule has 1 unspecified atom stereocenters. The Morgan fingerprint density at radius 3 is 2.83 bits per heavy atom. The molecule has 2 aliphatic heterocycles. The van der Waals surface area contributed by atoms with Crippen molar-refractivity contribution >= 4 is 22.6 Å². The third kappa shape index (κ3) is 5.25. The number of aromatic nitrogens is 4. The molecule has 42 heavy (non-hydrogen) atoms. The van der Waals surface area contributed by atoms with Gasteiger partial charge in [0.2, 0.25) is 0 Å². The minimum absolute atomic E-state index is 0.0548. The van der Waals surface area contributed by atoms with Gasteiger partial charge in [0.1, 0.15) is 24.0 Å². The van der Waals surface area contributed by atoms with Gasteiger partial charge in [0, 0.05) is 50.1 Å². The molecule has 2 aliphatic rings. The van der Waals surface area contributed by atoms with E-state index in [4.69, 9.17) is 4.74 Å². The van der Waals surface area contributed by atoms with Crippen LogP contribution in [0.5, 0.6) is 11.5 Å². The first kappa shape index (κ1) is 27.6. The number of likely N-dealkylation sites (tertiary alicyclic amines) is 1. The van der Waals surface area contributed by atoms with Gasteiger partial charge in [-0.05, 0) is 69.1 Å². The van der Waals surface area contributed by atoms with Crippen molar-refractivity contribution in [3.63, 3.8) is 0 Å². The number of rotatable bonds is 7. The zero-order valence-corrected chi connectivity index (χ0v) is 24.0. The van der Waals surface area contributed by atoms with Gasteiger partial charge in [0.25, 0.3) is 5.91 Å². The lowest BCUT2D eigenvalue weighted by Crippen LogP contribution is -2.33. The summed E-state index contributed by atoms with van der Waals surface area (Å²) < 4.78 is 20.4. The van der Waals surface area contributed by atoms with Gasteiger partial charge in [-0.15, -0.1) is 0 Å². The maximum Gasteiger partial charge on any atom is 0.257 e. The molecule has 1 amide bonds. The topological polar surface area (TPSA) is 114 Å². The Morgan fingerprint density at radius 1 is 1.19 bits per heavy atom. The second-order valence-electron chi connectivity index (χ2n) is 11.7. The number of amides is 1. The van der Waals surface area contributed by atoms with Crippen molar-refractivity contribution in [3.05, 3.63) is 71.6 Å². The van der Waals surface area contributed by atoms with Crippen molar-refractivity contribution in [1.29, 1.82) is 5.26 Å². The number of nitrogens with zero attached hydrogens (tertiary/aromatic N) is 7. The molecule has 10 nitrogen and oxygen atoms in total. The molecule has 2 fully saturated rings. The minimum atomic E-state index is -0.504. The van der Waals surface area contributed by atoms with Crippen LogP contribution in [0.2, 0.25) is 0 Å². The highest BCUT2D eigenvalue weighted by molar-refractivity contribution is 5.97. The third-order valence-electron chi connectivity index (χ3n) is 8.54. The number of carbonyl (C=O) groups is 1. The molecule has 11 heteroatoms. The molecule has 2 saturated heterocycles. The van der Waals surface area contributed by atoms with E-state index in [2.05, 4.69) is 48.2 Å². The molecule has 1 spiro atoms. The van der Waals surface area contributed by atoms with E-state index in [0.29, 0.717) is 17.3 Å². The summed E-state index contributed by atoms with van der Waals surface area (Å²) in [6.07, 6.45) is 5.20. The number of hydrogen-bond donors (Lipinski definition) is 1. The monoisotopic (exact) mass is 568 g/mol. The van der Waals surface area contributed by atoms with Crippen molar-refractivity contribution in [3.8, 4) is 17.6 Å². The molecule has 2 aromatic carbocycles. The quantitative estimate of drug-likeness (QED) is 0.340. The van der Waals surface area contributed by atoms with Crippen LogP contribution in [0.1, 0.15) is 48.3 Å². The van der Waals surface area contributed by atoms with Crippen molar-refractivity contribution in [2.75, 3.05) is 38.1 Å². The van der Waals surface area contributed by atoms with Gasteiger partial charge >= 0.3 is 0 Å². The van der Waals surface area contributed by atoms with E-state index in [1.54, 1.807) is 18.1 Å². The van der Waals surface area contributed by atoms with E-state index < -0.39 is 5.82 Å². The summed E-state index contributed by atoms with van der Waals surface area (Å²) in [4.78, 5) is 28.1. The molecule has 1 atom stereocenters. The number of anilines is 1. The Morgan fingerprint density at radius 2 is 2.02 bits per heavy atom. The maximum atomic E-state index is 14.2. The number of carbonyl (C=O) groups excluding carboxylic acids is 1. The number of nitrogens with one attached hydrogen (secondary N) is 1. The summed E-state index contributed by atoms with van der Waals surface area (Å²) in [5.41, 5.74) is 2.76. The summed E-state index contributed by atoms with van der Waals surface area (Å²) in [5, 5.41) is 17.1. The highest BCUT2D eigenvalue weighted by atomic mass is 19.1. The first-order chi connectivity index (χ1) is 20.2. The fraction of sp³-hybridized carbons (Fsp3) is 0.387. The summed E-state index contributed by atoms with van der Waals surface area (Å²) in [5.74, 6) is 0.541. The number of aromatic amines is 1. The lowest BCUT2D eigenvalue weighted by atomic mass is 9.86. The van der Waals surface area contributed by atoms with Crippen LogP contribution in [0.4, 0.5) is 10.2 Å². The van der Waals surface area contributed by atoms with Gasteiger partial charge in [0.15, 0.2) is 17.3 Å². The number of H-pyrrole nitrogens is 1. The average Bonchev–Trinajstić information content (AvgIpc) is 3.71. The van der Waals surface area contributed by atoms with Crippen LogP contribution >= 0.6 is 0 Å². The molecule has 216 valence electrons. The van der Waals surface area contributed by atoms with E-state index in [1.807, 2.05) is 19.9 Å². The molecule has 6 rings (SSSR count). The van der Waals surface area contributed by atoms with Gasteiger partial charge in [0.05, 0.1) is 17.3 Å². The van der Waals surface area contributed by atoms with E-state index in [9.17, 15) is 14.4 Å². The predicted octanol–water partition coefficient (Wildman–Crippen LogP) is 4.74. The van der Waals surface area contributed by atoms with Gasteiger partial charge < -0.3 is 14.5 Å². The Labute approximate surface area is 243 Å². The lowest BCUT2D eigenvalue weighted by molar-refractivity contribution is 0.0751. The Kier molecular flexibility index (Phi) is 7.24. The van der Waals surface area contributed by atoms with Crippen LogP contribution in [0.15, 0.2) is 48.9 Å². The van der Waals surface area contributed by atoms with Crippen LogP contribution in [-0.2, 0) is 6.54 Å². The zero-order chi connectivity index (χ0) is 29.4. The summed E-state index contributed by atoms with van der Waals surface area (Å²) in [7, 11) is 1.69. The molecular formula is C31H33FN8O2. The van der Waals surface area contributed by atoms with Crippen LogP contribution in [0.25, 0.3) is 10.9 Å². The Bertz CT molecular complexity index is 1680. The highest BCUT2D eigenvalue weighted by Crippen LogP contribution is 2.43. The van der Waals surface area contributed by atoms with E-state index >= 15 is 0 Å². The molecule has 0 radical (unpaired) electrons. The fourth-order valence-corrected chi connectivity index (χ4v) is 6.04. The predicted molar refractivity (Wildman–Crippen MR) is 156 cm³/mol. The number of hydrogen-bond acceptors (Lipinski definition) is 8. The van der Waals surface area contributed by atoms with E-state index in [1.165, 1.54) is 30.1 Å². The van der Waals surface area contributed by atoms with Crippen molar-refractivity contribution < 1.29 is 13.9 Å². The molecule has 1 N–H and O–H groups in total. The molecule has 0 aliphatic carbocycles. The summed E-state index contributed by atoms with van der Waals surface area (Å²) >= 11 is 0. The minimum Gasteiger partial charge on any atom is -0.451 e. The number of ether oxygens (including phenoxy) is 1. The first-order valence-corrected chi connectivity index (χ1v) is 14.1. The van der Waals surface area contributed by atoms with Crippen LogP contribution in [0.3, 0.4) is 0 Å². The lowest BCUT2D eigenvalue weighted by Gasteiger charge is -2.26. The van der Waals surface area contributed by atoms with Crippen LogP contribution in [-0.4, -0.2) is 75.1 Å². The molecule has 2 aromatic heterocycles. The summed E-state index contributed by atoms with van der Waals surface area (Å²) in [6, 6.07) is 12.2. The molecule has 4 aromatic rings. The molecule has 4 heterocycles.